The van der Waals surface area contributed by atoms with Gasteiger partial charge in [0.15, 0.2) is 0 Å². The molecule has 0 fully saturated rings. The average Bonchev–Trinajstić information content (AvgIpc) is 2.55. The van der Waals surface area contributed by atoms with Gasteiger partial charge in [0, 0.05) is 12.2 Å². The molecule has 6 nitrogen and oxygen atoms in total. The summed E-state index contributed by atoms with van der Waals surface area (Å²) in [5, 5.41) is 2.49. The molecule has 8 heteroatoms. The van der Waals surface area contributed by atoms with Gasteiger partial charge in [0.2, 0.25) is 15.9 Å². The third-order valence-corrected chi connectivity index (χ3v) is 4.41. The summed E-state index contributed by atoms with van der Waals surface area (Å²) < 4.78 is 44.8. The van der Waals surface area contributed by atoms with E-state index in [9.17, 15) is 17.6 Å². The highest BCUT2D eigenvalue weighted by Gasteiger charge is 2.16. The van der Waals surface area contributed by atoms with Crippen LogP contribution in [0.4, 0.5) is 10.1 Å². The van der Waals surface area contributed by atoms with Crippen LogP contribution in [-0.2, 0) is 21.4 Å². The SMILES string of the molecule is CC(C)Oc1ccc(NS(=O)(=O)CC(=O)NCc2ccc(F)cc2)cc1. The molecule has 0 saturated heterocycles. The molecule has 1 amide bonds. The molecule has 0 heterocycles. The Balaban J connectivity index is 1.87. The number of anilines is 1. The van der Waals surface area contributed by atoms with Crippen molar-refractivity contribution in [2.24, 2.45) is 0 Å². The van der Waals surface area contributed by atoms with Crippen LogP contribution < -0.4 is 14.8 Å². The highest BCUT2D eigenvalue weighted by atomic mass is 32.2. The predicted molar refractivity (Wildman–Crippen MR) is 97.9 cm³/mol. The molecule has 0 aliphatic carbocycles. The molecule has 0 bridgehead atoms. The molecule has 2 N–H and O–H groups in total. The third-order valence-electron chi connectivity index (χ3n) is 3.22. The highest BCUT2D eigenvalue weighted by molar-refractivity contribution is 7.93. The van der Waals surface area contributed by atoms with Crippen molar-refractivity contribution in [3.05, 3.63) is 59.9 Å². The van der Waals surface area contributed by atoms with Gasteiger partial charge in [0.05, 0.1) is 6.10 Å². The second-order valence-electron chi connectivity index (χ2n) is 5.96. The maximum atomic E-state index is 12.8. The Morgan fingerprint density at radius 3 is 2.27 bits per heavy atom. The van der Waals surface area contributed by atoms with Crippen LogP contribution in [0.3, 0.4) is 0 Å². The number of sulfonamides is 1. The molecular formula is C18H21FN2O4S. The quantitative estimate of drug-likeness (QED) is 0.737. The number of rotatable bonds is 8. The normalized spacial score (nSPS) is 11.2. The molecule has 0 atom stereocenters. The summed E-state index contributed by atoms with van der Waals surface area (Å²) in [6.07, 6.45) is 0.0161. The van der Waals surface area contributed by atoms with Crippen molar-refractivity contribution in [3.8, 4) is 5.75 Å². The van der Waals surface area contributed by atoms with Crippen LogP contribution in [0.15, 0.2) is 48.5 Å². The molecule has 0 saturated carbocycles. The van der Waals surface area contributed by atoms with Gasteiger partial charge in [-0.3, -0.25) is 9.52 Å². The Kier molecular flexibility index (Phi) is 6.57. The fourth-order valence-electron chi connectivity index (χ4n) is 2.12. The molecule has 26 heavy (non-hydrogen) atoms. The first-order valence-electron chi connectivity index (χ1n) is 8.02. The van der Waals surface area contributed by atoms with Crippen molar-refractivity contribution in [1.82, 2.24) is 5.32 Å². The zero-order valence-electron chi connectivity index (χ0n) is 14.5. The Morgan fingerprint density at radius 1 is 1.08 bits per heavy atom. The van der Waals surface area contributed by atoms with E-state index in [1.165, 1.54) is 24.3 Å². The summed E-state index contributed by atoms with van der Waals surface area (Å²) in [5.41, 5.74) is 1.01. The number of nitrogens with one attached hydrogen (secondary N) is 2. The second kappa shape index (κ2) is 8.66. The summed E-state index contributed by atoms with van der Waals surface area (Å²) in [4.78, 5) is 11.8. The Labute approximate surface area is 152 Å². The molecule has 0 aliphatic heterocycles. The summed E-state index contributed by atoms with van der Waals surface area (Å²) in [6, 6.07) is 12.0. The van der Waals surface area contributed by atoms with Crippen LogP contribution in [-0.4, -0.2) is 26.2 Å². The molecular weight excluding hydrogens is 359 g/mol. The molecule has 2 aromatic carbocycles. The zero-order valence-corrected chi connectivity index (χ0v) is 15.3. The van der Waals surface area contributed by atoms with Crippen LogP contribution in [0.2, 0.25) is 0 Å². The van der Waals surface area contributed by atoms with Gasteiger partial charge >= 0.3 is 0 Å². The van der Waals surface area contributed by atoms with Crippen LogP contribution in [0, 0.1) is 5.82 Å². The van der Waals surface area contributed by atoms with E-state index in [1.54, 1.807) is 24.3 Å². The van der Waals surface area contributed by atoms with Gasteiger partial charge in [-0.05, 0) is 55.8 Å². The molecule has 0 aromatic heterocycles. The molecule has 2 aromatic rings. The van der Waals surface area contributed by atoms with Crippen molar-refractivity contribution in [3.63, 3.8) is 0 Å². The van der Waals surface area contributed by atoms with Crippen molar-refractivity contribution >= 4 is 21.6 Å². The van der Waals surface area contributed by atoms with Gasteiger partial charge in [0.25, 0.3) is 0 Å². The molecule has 0 spiro atoms. The van der Waals surface area contributed by atoms with E-state index < -0.39 is 21.7 Å². The van der Waals surface area contributed by atoms with E-state index in [1.807, 2.05) is 13.8 Å². The minimum absolute atomic E-state index is 0.0161. The van der Waals surface area contributed by atoms with E-state index in [0.717, 1.165) is 0 Å². The summed E-state index contributed by atoms with van der Waals surface area (Å²) in [5.74, 6) is -1.11. The first-order valence-corrected chi connectivity index (χ1v) is 9.67. The Morgan fingerprint density at radius 2 is 1.69 bits per heavy atom. The van der Waals surface area contributed by atoms with Crippen LogP contribution >= 0.6 is 0 Å². The predicted octanol–water partition coefficient (Wildman–Crippen LogP) is 2.67. The highest BCUT2D eigenvalue weighted by Crippen LogP contribution is 2.17. The third kappa shape index (κ3) is 6.72. The number of halogens is 1. The van der Waals surface area contributed by atoms with Crippen LogP contribution in [0.5, 0.6) is 5.75 Å². The van der Waals surface area contributed by atoms with Gasteiger partial charge in [-0.1, -0.05) is 12.1 Å². The Bertz CT molecular complexity index is 834. The number of carbonyl (C=O) groups is 1. The topological polar surface area (TPSA) is 84.5 Å². The van der Waals surface area contributed by atoms with Gasteiger partial charge in [0.1, 0.15) is 17.3 Å². The maximum absolute atomic E-state index is 12.8. The standard InChI is InChI=1S/C18H21FN2O4S/c1-13(2)25-17-9-7-16(8-10-17)21-26(23,24)12-18(22)20-11-14-3-5-15(19)6-4-14/h3-10,13,21H,11-12H2,1-2H3,(H,20,22). The van der Waals surface area contributed by atoms with Crippen molar-refractivity contribution < 1.29 is 22.3 Å². The van der Waals surface area contributed by atoms with Crippen LogP contribution in [0.25, 0.3) is 0 Å². The van der Waals surface area contributed by atoms with E-state index in [2.05, 4.69) is 10.0 Å². The number of benzene rings is 2. The zero-order chi connectivity index (χ0) is 19.2. The molecule has 140 valence electrons. The van der Waals surface area contributed by atoms with Crippen molar-refractivity contribution in [2.75, 3.05) is 10.5 Å². The lowest BCUT2D eigenvalue weighted by atomic mass is 10.2. The van der Waals surface area contributed by atoms with E-state index in [-0.39, 0.29) is 18.5 Å². The minimum Gasteiger partial charge on any atom is -0.491 e. The minimum atomic E-state index is -3.84. The molecule has 0 radical (unpaired) electrons. The van der Waals surface area contributed by atoms with E-state index in [0.29, 0.717) is 17.0 Å². The molecule has 0 aliphatic rings. The number of carbonyl (C=O) groups excluding carboxylic acids is 1. The fraction of sp³-hybridized carbons (Fsp3) is 0.278. The van der Waals surface area contributed by atoms with Crippen LogP contribution in [0.1, 0.15) is 19.4 Å². The smallest absolute Gasteiger partial charge is 0.241 e. The molecule has 0 unspecified atom stereocenters. The Hall–Kier alpha value is -2.61. The first-order chi connectivity index (χ1) is 12.2. The van der Waals surface area contributed by atoms with Crippen molar-refractivity contribution in [1.29, 1.82) is 0 Å². The van der Waals surface area contributed by atoms with Crippen molar-refractivity contribution in [2.45, 2.75) is 26.5 Å². The lowest BCUT2D eigenvalue weighted by molar-refractivity contribution is -0.118. The van der Waals surface area contributed by atoms with Gasteiger partial charge in [-0.25, -0.2) is 12.8 Å². The lowest BCUT2D eigenvalue weighted by Crippen LogP contribution is -2.32. The number of hydrogen-bond donors (Lipinski definition) is 2. The fourth-order valence-corrected chi connectivity index (χ4v) is 3.13. The number of ether oxygens (including phenoxy) is 1. The summed E-state index contributed by atoms with van der Waals surface area (Å²) >= 11 is 0. The van der Waals surface area contributed by atoms with Gasteiger partial charge in [-0.2, -0.15) is 0 Å². The largest absolute Gasteiger partial charge is 0.491 e. The monoisotopic (exact) mass is 380 g/mol. The first kappa shape index (κ1) is 19.7. The lowest BCUT2D eigenvalue weighted by Gasteiger charge is -2.11. The van der Waals surface area contributed by atoms with Gasteiger partial charge < -0.3 is 10.1 Å². The van der Waals surface area contributed by atoms with E-state index >= 15 is 0 Å². The maximum Gasteiger partial charge on any atom is 0.241 e. The average molecular weight is 380 g/mol. The summed E-state index contributed by atoms with van der Waals surface area (Å²) in [6.45, 7) is 3.90. The molecule has 2 rings (SSSR count). The van der Waals surface area contributed by atoms with E-state index in [4.69, 9.17) is 4.74 Å². The number of hydrogen-bond acceptors (Lipinski definition) is 4. The van der Waals surface area contributed by atoms with Gasteiger partial charge in [-0.15, -0.1) is 0 Å². The second-order valence-corrected chi connectivity index (χ2v) is 7.68. The summed E-state index contributed by atoms with van der Waals surface area (Å²) in [7, 11) is -3.84. The number of amides is 1.